The Morgan fingerprint density at radius 2 is 2.27 bits per heavy atom. The molecule has 5 heteroatoms. The van der Waals surface area contributed by atoms with Gasteiger partial charge in [0.1, 0.15) is 0 Å². The zero-order chi connectivity index (χ0) is 14.6. The molecule has 0 saturated carbocycles. The third kappa shape index (κ3) is 1.98. The van der Waals surface area contributed by atoms with Crippen molar-refractivity contribution in [2.75, 3.05) is 20.2 Å². The molecule has 0 saturated heterocycles. The van der Waals surface area contributed by atoms with Crippen molar-refractivity contribution in [3.63, 3.8) is 0 Å². The fraction of sp³-hybridized carbons (Fsp3) is 0.353. The molecule has 22 heavy (non-hydrogen) atoms. The minimum absolute atomic E-state index is 0. The summed E-state index contributed by atoms with van der Waals surface area (Å²) in [6, 6.07) is 6.54. The first kappa shape index (κ1) is 15.1. The molecule has 0 spiro atoms. The van der Waals surface area contributed by atoms with E-state index in [1.165, 1.54) is 16.5 Å². The van der Waals surface area contributed by atoms with E-state index in [1.807, 2.05) is 6.92 Å². The molecule has 2 aliphatic rings. The van der Waals surface area contributed by atoms with Crippen molar-refractivity contribution < 1.29 is 9.53 Å². The number of H-pyrrole nitrogens is 1. The summed E-state index contributed by atoms with van der Waals surface area (Å²) in [5.74, 6) is -0.169. The number of halogens is 1. The molecular weight excluding hydrogens is 300 g/mol. The Balaban J connectivity index is 0.00000144. The lowest BCUT2D eigenvalue weighted by Gasteiger charge is -2.27. The molecule has 2 aromatic rings. The van der Waals surface area contributed by atoms with Crippen molar-refractivity contribution in [1.29, 1.82) is 0 Å². The minimum Gasteiger partial charge on any atom is -0.463 e. The molecule has 116 valence electrons. The van der Waals surface area contributed by atoms with Crippen molar-refractivity contribution >= 4 is 34.9 Å². The average molecular weight is 319 g/mol. The molecule has 0 amide bonds. The summed E-state index contributed by atoms with van der Waals surface area (Å²) >= 11 is 0. The summed E-state index contributed by atoms with van der Waals surface area (Å²) in [5, 5.41) is 1.26. The van der Waals surface area contributed by atoms with Crippen molar-refractivity contribution in [1.82, 2.24) is 9.88 Å². The Kier molecular flexibility index (Phi) is 3.75. The second kappa shape index (κ2) is 5.45. The monoisotopic (exact) mass is 318 g/mol. The number of aromatic amines is 1. The van der Waals surface area contributed by atoms with Crippen LogP contribution in [0.15, 0.2) is 30.0 Å². The third-order valence-corrected chi connectivity index (χ3v) is 4.61. The lowest BCUT2D eigenvalue weighted by molar-refractivity contribution is -0.138. The molecule has 0 fully saturated rings. The van der Waals surface area contributed by atoms with Gasteiger partial charge in [0.05, 0.1) is 12.2 Å². The van der Waals surface area contributed by atoms with Crippen molar-refractivity contribution in [2.45, 2.75) is 19.4 Å². The molecule has 1 aliphatic carbocycles. The van der Waals surface area contributed by atoms with Crippen LogP contribution < -0.4 is 0 Å². The van der Waals surface area contributed by atoms with Crippen LogP contribution in [0.4, 0.5) is 0 Å². The van der Waals surface area contributed by atoms with E-state index in [1.54, 1.807) is 0 Å². The highest BCUT2D eigenvalue weighted by molar-refractivity contribution is 6.07. The minimum atomic E-state index is -0.169. The molecule has 0 radical (unpaired) electrons. The van der Waals surface area contributed by atoms with Crippen LogP contribution in [-0.2, 0) is 16.0 Å². The van der Waals surface area contributed by atoms with E-state index in [0.29, 0.717) is 13.2 Å². The van der Waals surface area contributed by atoms with Crippen LogP contribution in [0.3, 0.4) is 0 Å². The van der Waals surface area contributed by atoms with Crippen LogP contribution in [0, 0.1) is 0 Å². The van der Waals surface area contributed by atoms with Crippen LogP contribution in [0.25, 0.3) is 16.5 Å². The van der Waals surface area contributed by atoms with E-state index >= 15 is 0 Å². The van der Waals surface area contributed by atoms with Gasteiger partial charge in [-0.15, -0.1) is 12.4 Å². The highest BCUT2D eigenvalue weighted by atomic mass is 35.5. The second-order valence-corrected chi connectivity index (χ2v) is 5.79. The van der Waals surface area contributed by atoms with E-state index in [9.17, 15) is 4.79 Å². The summed E-state index contributed by atoms with van der Waals surface area (Å²) in [6.45, 7) is 2.94. The maximum atomic E-state index is 12.3. The van der Waals surface area contributed by atoms with Gasteiger partial charge in [-0.2, -0.15) is 0 Å². The smallest absolute Gasteiger partial charge is 0.335 e. The number of carbonyl (C=O) groups is 1. The zero-order valence-electron chi connectivity index (χ0n) is 12.7. The topological polar surface area (TPSA) is 45.3 Å². The first-order valence-electron chi connectivity index (χ1n) is 7.40. The number of likely N-dealkylation sites (N-methyl/N-ethyl adjacent to an activating group) is 1. The standard InChI is InChI=1S/C17H18N2O2.ClH/c1-3-21-17(20)12-9-19(2)14-7-10-8-18-13-6-4-5-11(15(10)13)16(12)14;/h4-6,8,14,18H,3,7,9H2,1-2H3;1H. The molecule has 4 nitrogen and oxygen atoms in total. The predicted octanol–water partition coefficient (Wildman–Crippen LogP) is 2.78. The number of fused-ring (bicyclic) bond motifs is 2. The highest BCUT2D eigenvalue weighted by Crippen LogP contribution is 2.43. The van der Waals surface area contributed by atoms with Gasteiger partial charge in [-0.05, 0) is 43.2 Å². The van der Waals surface area contributed by atoms with Crippen LogP contribution >= 0.6 is 12.4 Å². The SMILES string of the molecule is CCOC(=O)C1=C2c3cccc4[nH]cc(c34)CC2N(C)C1.Cl. The molecule has 0 bridgehead atoms. The lowest BCUT2D eigenvalue weighted by Crippen LogP contribution is -2.31. The molecule has 4 rings (SSSR count). The summed E-state index contributed by atoms with van der Waals surface area (Å²) in [7, 11) is 2.08. The number of hydrogen-bond donors (Lipinski definition) is 1. The second-order valence-electron chi connectivity index (χ2n) is 5.79. The first-order chi connectivity index (χ1) is 10.2. The highest BCUT2D eigenvalue weighted by Gasteiger charge is 2.38. The third-order valence-electron chi connectivity index (χ3n) is 4.61. The van der Waals surface area contributed by atoms with Gasteiger partial charge < -0.3 is 9.72 Å². The Hall–Kier alpha value is -1.78. The number of hydrogen-bond acceptors (Lipinski definition) is 3. The number of ether oxygens (including phenoxy) is 1. The first-order valence-corrected chi connectivity index (χ1v) is 7.40. The van der Waals surface area contributed by atoms with Gasteiger partial charge in [0.25, 0.3) is 0 Å². The predicted molar refractivity (Wildman–Crippen MR) is 89.2 cm³/mol. The van der Waals surface area contributed by atoms with Crippen LogP contribution in [0.5, 0.6) is 0 Å². The summed E-state index contributed by atoms with van der Waals surface area (Å²) < 4.78 is 5.26. The van der Waals surface area contributed by atoms with Crippen LogP contribution in [-0.4, -0.2) is 42.1 Å². The maximum absolute atomic E-state index is 12.3. The zero-order valence-corrected chi connectivity index (χ0v) is 13.5. The molecule has 1 aromatic heterocycles. The number of esters is 1. The summed E-state index contributed by atoms with van der Waals surface area (Å²) in [5.41, 5.74) is 5.65. The number of rotatable bonds is 2. The Bertz CT molecular complexity index is 778. The average Bonchev–Trinajstić information content (AvgIpc) is 3.04. The number of benzene rings is 1. The van der Waals surface area contributed by atoms with Gasteiger partial charge in [0.2, 0.25) is 0 Å². The van der Waals surface area contributed by atoms with Gasteiger partial charge in [-0.3, -0.25) is 4.90 Å². The van der Waals surface area contributed by atoms with Gasteiger partial charge >= 0.3 is 5.97 Å². The van der Waals surface area contributed by atoms with E-state index in [0.717, 1.165) is 23.1 Å². The molecule has 1 aliphatic heterocycles. The summed E-state index contributed by atoms with van der Waals surface area (Å²) in [4.78, 5) is 17.9. The Morgan fingerprint density at radius 3 is 3.05 bits per heavy atom. The van der Waals surface area contributed by atoms with Crippen molar-refractivity contribution in [3.8, 4) is 0 Å². The van der Waals surface area contributed by atoms with Crippen molar-refractivity contribution in [2.24, 2.45) is 0 Å². The van der Waals surface area contributed by atoms with E-state index < -0.39 is 0 Å². The van der Waals surface area contributed by atoms with Gasteiger partial charge in [-0.25, -0.2) is 4.79 Å². The summed E-state index contributed by atoms with van der Waals surface area (Å²) in [6.07, 6.45) is 3.05. The molecule has 1 unspecified atom stereocenters. The van der Waals surface area contributed by atoms with E-state index in [-0.39, 0.29) is 24.4 Å². The quantitative estimate of drug-likeness (QED) is 0.866. The maximum Gasteiger partial charge on any atom is 0.335 e. The van der Waals surface area contributed by atoms with Gasteiger partial charge in [0.15, 0.2) is 0 Å². The normalized spacial score (nSPS) is 20.0. The largest absolute Gasteiger partial charge is 0.463 e. The van der Waals surface area contributed by atoms with Crippen LogP contribution in [0.2, 0.25) is 0 Å². The molecule has 1 aromatic carbocycles. The van der Waals surface area contributed by atoms with Crippen molar-refractivity contribution in [3.05, 3.63) is 41.1 Å². The van der Waals surface area contributed by atoms with Gasteiger partial charge in [-0.1, -0.05) is 12.1 Å². The van der Waals surface area contributed by atoms with E-state index in [2.05, 4.69) is 41.3 Å². The Labute approximate surface area is 135 Å². The lowest BCUT2D eigenvalue weighted by atomic mass is 9.84. The number of carbonyl (C=O) groups excluding carboxylic acids is 1. The number of aromatic nitrogens is 1. The van der Waals surface area contributed by atoms with E-state index in [4.69, 9.17) is 4.74 Å². The van der Waals surface area contributed by atoms with Gasteiger partial charge in [0, 0.05) is 29.7 Å². The number of nitrogens with zero attached hydrogens (tertiary/aromatic N) is 1. The molecule has 1 N–H and O–H groups in total. The molecule has 2 heterocycles. The molecular formula is C17H19ClN2O2. The Morgan fingerprint density at radius 1 is 1.45 bits per heavy atom. The fourth-order valence-electron chi connectivity index (χ4n) is 3.71. The number of nitrogens with one attached hydrogen (secondary N) is 1. The fourth-order valence-corrected chi connectivity index (χ4v) is 3.71. The molecule has 1 atom stereocenters. The van der Waals surface area contributed by atoms with Crippen LogP contribution in [0.1, 0.15) is 18.1 Å².